The quantitative estimate of drug-likeness (QED) is 0.777. The monoisotopic (exact) mass is 217 g/mol. The summed E-state index contributed by atoms with van der Waals surface area (Å²) in [4.78, 5) is 10.9. The number of aryl methyl sites for hydroxylation is 1. The average Bonchev–Trinajstić information content (AvgIpc) is 2.65. The first kappa shape index (κ1) is 10.7. The van der Waals surface area contributed by atoms with Crippen LogP contribution in [0.25, 0.3) is 0 Å². The van der Waals surface area contributed by atoms with Gasteiger partial charge >= 0.3 is 0 Å². The molecular weight excluding hydrogens is 202 g/mol. The smallest absolute Gasteiger partial charge is 0.222 e. The number of nitrogens with zero attached hydrogens (tertiary/aromatic N) is 2. The highest BCUT2D eigenvalue weighted by Crippen LogP contribution is 2.19. The molecule has 0 unspecified atom stereocenters. The van der Waals surface area contributed by atoms with Crippen LogP contribution < -0.4 is 10.3 Å². The molecule has 4 heteroatoms. The zero-order valence-electron chi connectivity index (χ0n) is 9.53. The molecule has 1 amide bonds. The number of hydrogen-bond donors (Lipinski definition) is 1. The van der Waals surface area contributed by atoms with Crippen molar-refractivity contribution >= 4 is 17.4 Å². The van der Waals surface area contributed by atoms with Crippen LogP contribution in [0.3, 0.4) is 0 Å². The molecule has 0 radical (unpaired) electrons. The minimum absolute atomic E-state index is 0.0650. The molecule has 1 N–H and O–H groups in total. The standard InChI is InChI=1S/C12H15N3O/c1-9-4-3-5-11(8-9)15-7-6-12(14-15)13-10(2)16/h3-5,8H,6-7H2,1-2H3,(H,13,14,16). The Hall–Kier alpha value is -1.84. The van der Waals surface area contributed by atoms with Crippen molar-refractivity contribution in [2.45, 2.75) is 20.3 Å². The number of benzene rings is 1. The van der Waals surface area contributed by atoms with E-state index in [9.17, 15) is 4.79 Å². The van der Waals surface area contributed by atoms with Gasteiger partial charge in [-0.05, 0) is 24.6 Å². The summed E-state index contributed by atoms with van der Waals surface area (Å²) in [5, 5.41) is 9.00. The van der Waals surface area contributed by atoms with Crippen molar-refractivity contribution in [1.82, 2.24) is 5.32 Å². The lowest BCUT2D eigenvalue weighted by Crippen LogP contribution is -2.26. The van der Waals surface area contributed by atoms with Gasteiger partial charge in [-0.3, -0.25) is 9.80 Å². The first-order valence-corrected chi connectivity index (χ1v) is 5.34. The van der Waals surface area contributed by atoms with Crippen molar-refractivity contribution in [2.75, 3.05) is 11.6 Å². The maximum absolute atomic E-state index is 10.9. The Morgan fingerprint density at radius 1 is 1.50 bits per heavy atom. The molecule has 16 heavy (non-hydrogen) atoms. The first-order valence-electron chi connectivity index (χ1n) is 5.34. The number of hydrogen-bond acceptors (Lipinski definition) is 3. The summed E-state index contributed by atoms with van der Waals surface area (Å²) in [5.74, 6) is 0.679. The second-order valence-corrected chi connectivity index (χ2v) is 3.94. The maximum Gasteiger partial charge on any atom is 0.222 e. The topological polar surface area (TPSA) is 44.7 Å². The molecule has 0 bridgehead atoms. The SMILES string of the molecule is CC(=O)NC1=NN(c2cccc(C)c2)CC1. The number of rotatable bonds is 1. The number of carbonyl (C=O) groups is 1. The van der Waals surface area contributed by atoms with Gasteiger partial charge < -0.3 is 5.32 Å². The Morgan fingerprint density at radius 3 is 3.00 bits per heavy atom. The molecule has 0 aromatic heterocycles. The molecule has 1 aliphatic rings. The molecule has 4 nitrogen and oxygen atoms in total. The highest BCUT2D eigenvalue weighted by molar-refractivity contribution is 5.98. The molecule has 1 aliphatic heterocycles. The van der Waals surface area contributed by atoms with Gasteiger partial charge in [0.25, 0.3) is 0 Å². The van der Waals surface area contributed by atoms with E-state index in [1.54, 1.807) is 0 Å². The number of amidine groups is 1. The normalized spacial score (nSPS) is 14.9. The van der Waals surface area contributed by atoms with Crippen molar-refractivity contribution in [3.8, 4) is 0 Å². The van der Waals surface area contributed by atoms with Gasteiger partial charge in [-0.15, -0.1) is 0 Å². The minimum Gasteiger partial charge on any atom is -0.313 e. The van der Waals surface area contributed by atoms with E-state index in [0.29, 0.717) is 0 Å². The Kier molecular flexibility index (Phi) is 2.90. The number of carbonyl (C=O) groups excluding carboxylic acids is 1. The lowest BCUT2D eigenvalue weighted by atomic mass is 10.2. The number of anilines is 1. The third-order valence-electron chi connectivity index (χ3n) is 2.42. The maximum atomic E-state index is 10.9. The number of hydrazone groups is 1. The molecule has 0 saturated carbocycles. The summed E-state index contributed by atoms with van der Waals surface area (Å²) >= 11 is 0. The number of nitrogens with one attached hydrogen (secondary N) is 1. The van der Waals surface area contributed by atoms with E-state index >= 15 is 0 Å². The van der Waals surface area contributed by atoms with Crippen LogP contribution in [0.4, 0.5) is 5.69 Å². The Bertz CT molecular complexity index is 440. The lowest BCUT2D eigenvalue weighted by Gasteiger charge is -2.13. The summed E-state index contributed by atoms with van der Waals surface area (Å²) in [6.45, 7) is 4.37. The third kappa shape index (κ3) is 2.39. The van der Waals surface area contributed by atoms with Crippen molar-refractivity contribution in [3.05, 3.63) is 29.8 Å². The van der Waals surface area contributed by atoms with E-state index < -0.39 is 0 Å². The Labute approximate surface area is 95.0 Å². The van der Waals surface area contributed by atoms with Gasteiger partial charge in [0.2, 0.25) is 5.91 Å². The molecule has 2 rings (SSSR count). The summed E-state index contributed by atoms with van der Waals surface area (Å²) in [5.41, 5.74) is 2.28. The minimum atomic E-state index is -0.0650. The largest absolute Gasteiger partial charge is 0.313 e. The highest BCUT2D eigenvalue weighted by Gasteiger charge is 2.16. The van der Waals surface area contributed by atoms with Gasteiger partial charge in [0, 0.05) is 19.9 Å². The first-order chi connectivity index (χ1) is 7.65. The van der Waals surface area contributed by atoms with Crippen molar-refractivity contribution < 1.29 is 4.79 Å². The summed E-state index contributed by atoms with van der Waals surface area (Å²) < 4.78 is 0. The average molecular weight is 217 g/mol. The molecule has 0 spiro atoms. The molecule has 84 valence electrons. The third-order valence-corrected chi connectivity index (χ3v) is 2.42. The van der Waals surface area contributed by atoms with Crippen LogP contribution in [-0.4, -0.2) is 18.3 Å². The summed E-state index contributed by atoms with van der Waals surface area (Å²) in [6, 6.07) is 8.17. The van der Waals surface area contributed by atoms with E-state index in [0.717, 1.165) is 24.5 Å². The lowest BCUT2D eigenvalue weighted by molar-refractivity contribution is -0.117. The Morgan fingerprint density at radius 2 is 2.31 bits per heavy atom. The second-order valence-electron chi connectivity index (χ2n) is 3.94. The van der Waals surface area contributed by atoms with Crippen molar-refractivity contribution in [1.29, 1.82) is 0 Å². The van der Waals surface area contributed by atoms with Gasteiger partial charge in [0.05, 0.1) is 5.69 Å². The fourth-order valence-corrected chi connectivity index (χ4v) is 1.72. The van der Waals surface area contributed by atoms with Crippen LogP contribution in [0.1, 0.15) is 18.9 Å². The fraction of sp³-hybridized carbons (Fsp3) is 0.333. The molecule has 0 atom stereocenters. The van der Waals surface area contributed by atoms with Crippen LogP contribution in [0, 0.1) is 6.92 Å². The van der Waals surface area contributed by atoms with Gasteiger partial charge in [0.15, 0.2) is 0 Å². The van der Waals surface area contributed by atoms with Crippen LogP contribution in [0.5, 0.6) is 0 Å². The predicted octanol–water partition coefficient (Wildman–Crippen LogP) is 1.65. The zero-order valence-corrected chi connectivity index (χ0v) is 9.53. The molecule has 0 fully saturated rings. The van der Waals surface area contributed by atoms with E-state index in [1.165, 1.54) is 12.5 Å². The van der Waals surface area contributed by atoms with Crippen molar-refractivity contribution in [3.63, 3.8) is 0 Å². The molecule has 0 aliphatic carbocycles. The van der Waals surface area contributed by atoms with Gasteiger partial charge in [-0.1, -0.05) is 12.1 Å². The highest BCUT2D eigenvalue weighted by atomic mass is 16.1. The second kappa shape index (κ2) is 4.35. The van der Waals surface area contributed by atoms with Crippen molar-refractivity contribution in [2.24, 2.45) is 5.10 Å². The molecular formula is C12H15N3O. The van der Waals surface area contributed by atoms with E-state index in [1.807, 2.05) is 17.1 Å². The van der Waals surface area contributed by atoms with Crippen LogP contribution in [0.15, 0.2) is 29.4 Å². The van der Waals surface area contributed by atoms with E-state index in [2.05, 4.69) is 29.5 Å². The molecule has 1 heterocycles. The zero-order chi connectivity index (χ0) is 11.5. The van der Waals surface area contributed by atoms with E-state index in [-0.39, 0.29) is 5.91 Å². The van der Waals surface area contributed by atoms with Crippen LogP contribution in [0.2, 0.25) is 0 Å². The van der Waals surface area contributed by atoms with Gasteiger partial charge in [-0.25, -0.2) is 0 Å². The van der Waals surface area contributed by atoms with E-state index in [4.69, 9.17) is 0 Å². The van der Waals surface area contributed by atoms with Crippen LogP contribution in [-0.2, 0) is 4.79 Å². The summed E-state index contributed by atoms with van der Waals surface area (Å²) in [6.07, 6.45) is 0.785. The fourth-order valence-electron chi connectivity index (χ4n) is 1.72. The molecule has 1 aromatic rings. The Balaban J connectivity index is 2.13. The molecule has 1 aromatic carbocycles. The van der Waals surface area contributed by atoms with Gasteiger partial charge in [-0.2, -0.15) is 5.10 Å². The number of amides is 1. The summed E-state index contributed by atoms with van der Waals surface area (Å²) in [7, 11) is 0. The molecule has 0 saturated heterocycles. The van der Waals surface area contributed by atoms with Crippen LogP contribution >= 0.6 is 0 Å². The van der Waals surface area contributed by atoms with Gasteiger partial charge in [0.1, 0.15) is 5.84 Å². The predicted molar refractivity (Wildman–Crippen MR) is 64.4 cm³/mol.